The number of hydrogen-bond donors (Lipinski definition) is 2. The molecule has 3 N–H and O–H groups in total. The van der Waals surface area contributed by atoms with Crippen molar-refractivity contribution in [3.05, 3.63) is 18.1 Å². The zero-order valence-electron chi connectivity index (χ0n) is 8.72. The molecule has 2 heterocycles. The minimum atomic E-state index is -0.126. The number of carbonyl (C=O) groups excluding carboxylic acids is 1. The highest BCUT2D eigenvalue weighted by Crippen LogP contribution is 2.05. The summed E-state index contributed by atoms with van der Waals surface area (Å²) in [5, 5.41) is 0. The van der Waals surface area contributed by atoms with Crippen molar-refractivity contribution in [3.8, 4) is 0 Å². The molecule has 86 valence electrons. The number of morpholine rings is 1. The van der Waals surface area contributed by atoms with Crippen LogP contribution in [0.25, 0.3) is 0 Å². The zero-order chi connectivity index (χ0) is 11.4. The Hall–Kier alpha value is -1.73. The van der Waals surface area contributed by atoms with Gasteiger partial charge >= 0.3 is 0 Å². The lowest BCUT2D eigenvalue weighted by molar-refractivity contribution is 0.0298. The third kappa shape index (κ3) is 2.26. The Morgan fingerprint density at radius 1 is 1.38 bits per heavy atom. The quantitative estimate of drug-likeness (QED) is 0.505. The van der Waals surface area contributed by atoms with Gasteiger partial charge in [-0.3, -0.25) is 4.79 Å². The molecule has 7 heteroatoms. The average Bonchev–Trinajstić information content (AvgIpc) is 2.39. The maximum Gasteiger partial charge on any atom is 0.274 e. The highest BCUT2D eigenvalue weighted by Gasteiger charge is 2.19. The van der Waals surface area contributed by atoms with Crippen molar-refractivity contribution < 1.29 is 9.53 Å². The van der Waals surface area contributed by atoms with Crippen molar-refractivity contribution in [2.45, 2.75) is 0 Å². The molecule has 0 atom stereocenters. The topological polar surface area (TPSA) is 93.4 Å². The van der Waals surface area contributed by atoms with Crippen LogP contribution in [0, 0.1) is 0 Å². The standard InChI is InChI=1S/C9H13N5O2/c10-13-8-6-11-7(5-12-8)9(15)14-1-3-16-4-2-14/h5-6H,1-4,10H2,(H,12,13). The van der Waals surface area contributed by atoms with Crippen molar-refractivity contribution in [2.24, 2.45) is 5.84 Å². The van der Waals surface area contributed by atoms with E-state index in [0.29, 0.717) is 37.8 Å². The fourth-order valence-corrected chi connectivity index (χ4v) is 1.44. The Balaban J connectivity index is 2.07. The summed E-state index contributed by atoms with van der Waals surface area (Å²) in [7, 11) is 0. The number of nitrogen functional groups attached to an aromatic ring is 1. The summed E-state index contributed by atoms with van der Waals surface area (Å²) >= 11 is 0. The number of nitrogens with two attached hydrogens (primary N) is 1. The summed E-state index contributed by atoms with van der Waals surface area (Å²) in [4.78, 5) is 21.5. The predicted molar refractivity (Wildman–Crippen MR) is 56.6 cm³/mol. The predicted octanol–water partition coefficient (Wildman–Crippen LogP) is -0.765. The Kier molecular flexibility index (Phi) is 3.28. The molecule has 0 spiro atoms. The van der Waals surface area contributed by atoms with Gasteiger partial charge in [0.25, 0.3) is 5.91 Å². The van der Waals surface area contributed by atoms with E-state index in [9.17, 15) is 4.79 Å². The van der Waals surface area contributed by atoms with E-state index in [4.69, 9.17) is 10.6 Å². The molecular weight excluding hydrogens is 210 g/mol. The fraction of sp³-hybridized carbons (Fsp3) is 0.444. The van der Waals surface area contributed by atoms with Gasteiger partial charge < -0.3 is 15.1 Å². The van der Waals surface area contributed by atoms with Gasteiger partial charge in [-0.05, 0) is 0 Å². The molecule has 1 aromatic rings. The van der Waals surface area contributed by atoms with E-state index in [-0.39, 0.29) is 5.91 Å². The Morgan fingerprint density at radius 3 is 2.69 bits per heavy atom. The van der Waals surface area contributed by atoms with Gasteiger partial charge in [0.15, 0.2) is 5.82 Å². The Bertz CT molecular complexity index is 361. The van der Waals surface area contributed by atoms with Gasteiger partial charge in [-0.25, -0.2) is 15.8 Å². The van der Waals surface area contributed by atoms with Crippen LogP contribution < -0.4 is 11.3 Å². The fourth-order valence-electron chi connectivity index (χ4n) is 1.44. The molecule has 1 aliphatic heterocycles. The van der Waals surface area contributed by atoms with E-state index in [0.717, 1.165) is 0 Å². The first-order valence-corrected chi connectivity index (χ1v) is 4.97. The monoisotopic (exact) mass is 223 g/mol. The number of hydrogen-bond acceptors (Lipinski definition) is 6. The molecule has 0 unspecified atom stereocenters. The van der Waals surface area contributed by atoms with Crippen molar-refractivity contribution in [3.63, 3.8) is 0 Å². The van der Waals surface area contributed by atoms with Gasteiger partial charge in [-0.2, -0.15) is 0 Å². The van der Waals surface area contributed by atoms with Gasteiger partial charge in [0.05, 0.1) is 25.6 Å². The molecule has 0 aromatic carbocycles. The molecule has 1 saturated heterocycles. The lowest BCUT2D eigenvalue weighted by atomic mass is 10.3. The van der Waals surface area contributed by atoms with E-state index in [1.165, 1.54) is 12.4 Å². The van der Waals surface area contributed by atoms with Crippen LogP contribution in [0.4, 0.5) is 5.82 Å². The maximum atomic E-state index is 11.9. The van der Waals surface area contributed by atoms with Crippen molar-refractivity contribution in [2.75, 3.05) is 31.7 Å². The second kappa shape index (κ2) is 4.86. The number of nitrogens with one attached hydrogen (secondary N) is 1. The summed E-state index contributed by atoms with van der Waals surface area (Å²) in [6.07, 6.45) is 2.83. The molecule has 0 radical (unpaired) electrons. The Labute approximate surface area is 92.6 Å². The minimum absolute atomic E-state index is 0.126. The maximum absolute atomic E-state index is 11.9. The number of rotatable bonds is 2. The first-order valence-electron chi connectivity index (χ1n) is 4.97. The van der Waals surface area contributed by atoms with Crippen molar-refractivity contribution >= 4 is 11.7 Å². The average molecular weight is 223 g/mol. The van der Waals surface area contributed by atoms with E-state index in [2.05, 4.69) is 15.4 Å². The minimum Gasteiger partial charge on any atom is -0.378 e. The summed E-state index contributed by atoms with van der Waals surface area (Å²) in [5.41, 5.74) is 2.67. The van der Waals surface area contributed by atoms with Gasteiger partial charge in [0, 0.05) is 13.1 Å². The van der Waals surface area contributed by atoms with Crippen molar-refractivity contribution in [1.29, 1.82) is 0 Å². The number of hydrazine groups is 1. The van der Waals surface area contributed by atoms with Crippen LogP contribution in [0.2, 0.25) is 0 Å². The van der Waals surface area contributed by atoms with E-state index in [1.54, 1.807) is 4.90 Å². The second-order valence-electron chi connectivity index (χ2n) is 3.34. The Morgan fingerprint density at radius 2 is 2.12 bits per heavy atom. The van der Waals surface area contributed by atoms with E-state index in [1.807, 2.05) is 0 Å². The summed E-state index contributed by atoms with van der Waals surface area (Å²) < 4.78 is 5.17. The van der Waals surface area contributed by atoms with Gasteiger partial charge in [0.1, 0.15) is 5.69 Å². The molecule has 1 aliphatic rings. The number of amides is 1. The van der Waals surface area contributed by atoms with Crippen LogP contribution in [0.5, 0.6) is 0 Å². The van der Waals surface area contributed by atoms with Gasteiger partial charge in [-0.1, -0.05) is 0 Å². The van der Waals surface area contributed by atoms with Crippen LogP contribution in [0.1, 0.15) is 10.5 Å². The molecule has 2 rings (SSSR count). The largest absolute Gasteiger partial charge is 0.378 e. The van der Waals surface area contributed by atoms with E-state index < -0.39 is 0 Å². The number of aromatic nitrogens is 2. The smallest absolute Gasteiger partial charge is 0.274 e. The summed E-state index contributed by atoms with van der Waals surface area (Å²) in [5.74, 6) is 5.46. The van der Waals surface area contributed by atoms with Crippen LogP contribution in [0.15, 0.2) is 12.4 Å². The molecule has 0 saturated carbocycles. The van der Waals surface area contributed by atoms with Crippen LogP contribution in [-0.2, 0) is 4.74 Å². The number of carbonyl (C=O) groups is 1. The second-order valence-corrected chi connectivity index (χ2v) is 3.34. The first-order chi connectivity index (χ1) is 7.81. The molecular formula is C9H13N5O2. The number of ether oxygens (including phenoxy) is 1. The number of nitrogens with zero attached hydrogens (tertiary/aromatic N) is 3. The molecule has 1 fully saturated rings. The zero-order valence-corrected chi connectivity index (χ0v) is 8.72. The lowest BCUT2D eigenvalue weighted by Crippen LogP contribution is -2.41. The van der Waals surface area contributed by atoms with Gasteiger partial charge in [-0.15, -0.1) is 0 Å². The SMILES string of the molecule is NNc1cnc(C(=O)N2CCOCC2)cn1. The summed E-state index contributed by atoms with van der Waals surface area (Å²) in [6.45, 7) is 2.33. The lowest BCUT2D eigenvalue weighted by Gasteiger charge is -2.26. The first kappa shape index (κ1) is 10.8. The van der Waals surface area contributed by atoms with Crippen LogP contribution >= 0.6 is 0 Å². The molecule has 0 aliphatic carbocycles. The normalized spacial score (nSPS) is 15.9. The molecule has 1 aromatic heterocycles. The van der Waals surface area contributed by atoms with Crippen LogP contribution in [-0.4, -0.2) is 47.1 Å². The molecule has 16 heavy (non-hydrogen) atoms. The van der Waals surface area contributed by atoms with Crippen LogP contribution in [0.3, 0.4) is 0 Å². The van der Waals surface area contributed by atoms with Crippen molar-refractivity contribution in [1.82, 2.24) is 14.9 Å². The summed E-state index contributed by atoms with van der Waals surface area (Å²) in [6, 6.07) is 0. The van der Waals surface area contributed by atoms with E-state index >= 15 is 0 Å². The molecule has 0 bridgehead atoms. The van der Waals surface area contributed by atoms with Gasteiger partial charge in [0.2, 0.25) is 0 Å². The molecule has 1 amide bonds. The number of anilines is 1. The third-order valence-corrected chi connectivity index (χ3v) is 2.32. The molecule has 7 nitrogen and oxygen atoms in total. The highest BCUT2D eigenvalue weighted by molar-refractivity contribution is 5.92. The highest BCUT2D eigenvalue weighted by atomic mass is 16.5. The third-order valence-electron chi connectivity index (χ3n) is 2.32.